The van der Waals surface area contributed by atoms with Gasteiger partial charge in [0, 0.05) is 37.4 Å². The Labute approximate surface area is 318 Å². The van der Waals surface area contributed by atoms with E-state index in [4.69, 9.17) is 33.2 Å². The topological polar surface area (TPSA) is 179 Å². The molecule has 0 aromatic heterocycles. The zero-order chi connectivity index (χ0) is 40.0. The third kappa shape index (κ3) is 15.9. The Morgan fingerprint density at radius 1 is 0.833 bits per heavy atom. The largest absolute Gasteiger partial charge is 0.496 e. The highest BCUT2D eigenvalue weighted by Crippen LogP contribution is 2.43. The molecule has 0 fully saturated rings. The second-order valence-corrected chi connectivity index (χ2v) is 13.5. The van der Waals surface area contributed by atoms with E-state index in [1.807, 2.05) is 19.9 Å². The van der Waals surface area contributed by atoms with Gasteiger partial charge in [-0.3, -0.25) is 24.0 Å². The summed E-state index contributed by atoms with van der Waals surface area (Å²) < 4.78 is 37.3. The number of nitrogens with one attached hydrogen (secondary N) is 1. The van der Waals surface area contributed by atoms with Crippen LogP contribution in [-0.2, 0) is 60.7 Å². The number of benzene rings is 1. The molecule has 1 aliphatic heterocycles. The summed E-state index contributed by atoms with van der Waals surface area (Å²) in [4.78, 5) is 73.2. The first-order valence-electron chi connectivity index (χ1n) is 18.8. The summed E-state index contributed by atoms with van der Waals surface area (Å²) in [5, 5.41) is 2.85. The number of methoxy groups -OCH3 is 2. The van der Waals surface area contributed by atoms with Crippen molar-refractivity contribution in [2.45, 2.75) is 124 Å². The molecule has 0 aliphatic carbocycles. The van der Waals surface area contributed by atoms with Crippen molar-refractivity contribution in [3.8, 4) is 11.5 Å². The van der Waals surface area contributed by atoms with Gasteiger partial charge in [-0.05, 0) is 52.1 Å². The van der Waals surface area contributed by atoms with Crippen LogP contribution >= 0.6 is 0 Å². The van der Waals surface area contributed by atoms with Gasteiger partial charge in [0.1, 0.15) is 31.1 Å². The van der Waals surface area contributed by atoms with Gasteiger partial charge in [-0.2, -0.15) is 0 Å². The Bertz CT molecular complexity index is 1470. The third-order valence-corrected chi connectivity index (χ3v) is 9.13. The van der Waals surface area contributed by atoms with E-state index >= 15 is 0 Å². The minimum Gasteiger partial charge on any atom is -0.496 e. The molecule has 302 valence electrons. The molecule has 1 aliphatic rings. The normalized spacial score (nSPS) is 13.3. The molecule has 0 spiro atoms. The maximum absolute atomic E-state index is 13.1. The minimum atomic E-state index is -0.879. The summed E-state index contributed by atoms with van der Waals surface area (Å²) in [5.74, 6) is -2.38. The van der Waals surface area contributed by atoms with E-state index in [1.54, 1.807) is 14.0 Å². The Morgan fingerprint density at radius 3 is 2.15 bits per heavy atom. The molecular weight excluding hydrogens is 702 g/mol. The average molecular weight is 762 g/mol. The highest BCUT2D eigenvalue weighted by molar-refractivity contribution is 5.99. The van der Waals surface area contributed by atoms with Crippen LogP contribution in [0.5, 0.6) is 11.5 Å². The quantitative estimate of drug-likeness (QED) is 0.0394. The smallest absolute Gasteiger partial charge is 0.342 e. The van der Waals surface area contributed by atoms with Crippen molar-refractivity contribution in [1.82, 2.24) is 5.32 Å². The summed E-state index contributed by atoms with van der Waals surface area (Å²) in [6.07, 6.45) is 9.16. The Kier molecular flexibility index (Phi) is 21.0. The van der Waals surface area contributed by atoms with E-state index in [2.05, 4.69) is 5.32 Å². The second-order valence-electron chi connectivity index (χ2n) is 13.5. The van der Waals surface area contributed by atoms with Gasteiger partial charge in [0.2, 0.25) is 0 Å². The zero-order valence-corrected chi connectivity index (χ0v) is 33.1. The SMILES string of the molecule is CNCCC(=O)OCC(COC(C)=O)OC(=O)C(C)CCCCCCCCCC(=O)Oc1c(C/C=C(\C)CCC(=O)OC)c(OC)c(C)c2c1C(=O)OC2. The van der Waals surface area contributed by atoms with Crippen molar-refractivity contribution in [3.05, 3.63) is 33.9 Å². The summed E-state index contributed by atoms with van der Waals surface area (Å²) in [7, 11) is 4.60. The van der Waals surface area contributed by atoms with Crippen LogP contribution in [0.2, 0.25) is 0 Å². The molecular formula is C40H59NO13. The standard InChI is InChI=1S/C40H59NO13/c1-26(18-20-33(43)48-6)17-19-31-37(49-7)28(3)32-25-52-40(47)36(32)38(31)54-35(45)16-14-12-10-8-9-11-13-15-27(2)39(46)53-30(23-50-29(4)42)24-51-34(44)21-22-41-5/h17,27,30,41H,8-16,18-25H2,1-7H3/b26-17+. The summed E-state index contributed by atoms with van der Waals surface area (Å²) in [6, 6.07) is 0. The van der Waals surface area contributed by atoms with Crippen LogP contribution in [0, 0.1) is 12.8 Å². The number of unbranched alkanes of at least 4 members (excludes halogenated alkanes) is 6. The van der Waals surface area contributed by atoms with Crippen molar-refractivity contribution in [3.63, 3.8) is 0 Å². The molecule has 1 heterocycles. The van der Waals surface area contributed by atoms with Crippen molar-refractivity contribution in [2.24, 2.45) is 5.92 Å². The molecule has 14 nitrogen and oxygen atoms in total. The van der Waals surface area contributed by atoms with Gasteiger partial charge in [0.25, 0.3) is 0 Å². The van der Waals surface area contributed by atoms with Crippen LogP contribution in [0.25, 0.3) is 0 Å². The lowest BCUT2D eigenvalue weighted by Gasteiger charge is -2.20. The molecule has 2 atom stereocenters. The Morgan fingerprint density at radius 2 is 1.50 bits per heavy atom. The van der Waals surface area contributed by atoms with E-state index < -0.39 is 36.0 Å². The number of cyclic esters (lactones) is 1. The molecule has 2 rings (SSSR count). The predicted molar refractivity (Wildman–Crippen MR) is 198 cm³/mol. The van der Waals surface area contributed by atoms with Crippen molar-refractivity contribution < 1.29 is 61.9 Å². The van der Waals surface area contributed by atoms with Gasteiger partial charge < -0.3 is 38.5 Å². The van der Waals surface area contributed by atoms with Crippen LogP contribution in [-0.4, -0.2) is 82.9 Å². The molecule has 1 N–H and O–H groups in total. The molecule has 1 aromatic rings. The van der Waals surface area contributed by atoms with Gasteiger partial charge in [0.05, 0.1) is 26.6 Å². The van der Waals surface area contributed by atoms with Gasteiger partial charge >= 0.3 is 35.8 Å². The van der Waals surface area contributed by atoms with Crippen LogP contribution in [0.15, 0.2) is 11.6 Å². The molecule has 0 saturated heterocycles. The van der Waals surface area contributed by atoms with Crippen molar-refractivity contribution in [1.29, 1.82) is 0 Å². The summed E-state index contributed by atoms with van der Waals surface area (Å²) in [6.45, 7) is 6.92. The summed E-state index contributed by atoms with van der Waals surface area (Å²) >= 11 is 0. The molecule has 0 bridgehead atoms. The van der Waals surface area contributed by atoms with E-state index in [9.17, 15) is 28.8 Å². The van der Waals surface area contributed by atoms with Gasteiger partial charge in [-0.25, -0.2) is 4.79 Å². The molecule has 0 amide bonds. The maximum Gasteiger partial charge on any atom is 0.342 e. The fourth-order valence-corrected chi connectivity index (χ4v) is 5.88. The number of fused-ring (bicyclic) bond motifs is 1. The van der Waals surface area contributed by atoms with E-state index in [0.29, 0.717) is 49.1 Å². The molecule has 0 saturated carbocycles. The Hall–Kier alpha value is -4.46. The van der Waals surface area contributed by atoms with Gasteiger partial charge in [0.15, 0.2) is 11.9 Å². The number of allylic oxidation sites excluding steroid dienone is 2. The first-order valence-corrected chi connectivity index (χ1v) is 18.8. The van der Waals surface area contributed by atoms with Gasteiger partial charge in [-0.15, -0.1) is 0 Å². The van der Waals surface area contributed by atoms with E-state index in [1.165, 1.54) is 21.1 Å². The first kappa shape index (κ1) is 45.7. The first-order chi connectivity index (χ1) is 25.8. The van der Waals surface area contributed by atoms with Crippen LogP contribution in [0.1, 0.15) is 125 Å². The highest BCUT2D eigenvalue weighted by Gasteiger charge is 2.34. The van der Waals surface area contributed by atoms with Gasteiger partial charge in [-0.1, -0.05) is 57.1 Å². The fourth-order valence-electron chi connectivity index (χ4n) is 5.88. The number of hydrogen-bond acceptors (Lipinski definition) is 14. The van der Waals surface area contributed by atoms with E-state index in [-0.39, 0.29) is 62.3 Å². The number of carbonyl (C=O) groups excluding carboxylic acids is 6. The third-order valence-electron chi connectivity index (χ3n) is 9.13. The number of esters is 6. The lowest BCUT2D eigenvalue weighted by Crippen LogP contribution is -2.32. The Balaban J connectivity index is 1.81. The van der Waals surface area contributed by atoms with Crippen LogP contribution in [0.3, 0.4) is 0 Å². The monoisotopic (exact) mass is 761 g/mol. The number of hydrogen-bond donors (Lipinski definition) is 1. The fraction of sp³-hybridized carbons (Fsp3) is 0.650. The number of carbonyl (C=O) groups is 6. The highest BCUT2D eigenvalue weighted by atomic mass is 16.6. The second kappa shape index (κ2) is 24.8. The maximum atomic E-state index is 13.1. The lowest BCUT2D eigenvalue weighted by atomic mass is 9.94. The number of ether oxygens (including phenoxy) is 7. The summed E-state index contributed by atoms with van der Waals surface area (Å²) in [5.41, 5.74) is 3.16. The molecule has 54 heavy (non-hydrogen) atoms. The minimum absolute atomic E-state index is 0.0759. The lowest BCUT2D eigenvalue weighted by molar-refractivity contribution is -0.168. The molecule has 1 aromatic carbocycles. The molecule has 0 radical (unpaired) electrons. The molecule has 2 unspecified atom stereocenters. The zero-order valence-electron chi connectivity index (χ0n) is 33.1. The van der Waals surface area contributed by atoms with Crippen molar-refractivity contribution in [2.75, 3.05) is 41.0 Å². The average Bonchev–Trinajstić information content (AvgIpc) is 3.54. The number of rotatable bonds is 26. The van der Waals surface area contributed by atoms with Crippen molar-refractivity contribution >= 4 is 35.8 Å². The van der Waals surface area contributed by atoms with Crippen LogP contribution < -0.4 is 14.8 Å². The molecule has 14 heteroatoms. The van der Waals surface area contributed by atoms with E-state index in [0.717, 1.165) is 49.7 Å². The van der Waals surface area contributed by atoms with Crippen LogP contribution in [0.4, 0.5) is 0 Å². The predicted octanol–water partition coefficient (Wildman–Crippen LogP) is 5.80.